The molecule has 0 radical (unpaired) electrons. The number of allylic oxidation sites excluding steroid dienone is 2. The lowest BCUT2D eigenvalue weighted by Crippen LogP contribution is -2.25. The van der Waals surface area contributed by atoms with Gasteiger partial charge in [0.1, 0.15) is 0 Å². The van der Waals surface area contributed by atoms with E-state index < -0.39 is 0 Å². The highest BCUT2D eigenvalue weighted by Gasteiger charge is 2.35. The van der Waals surface area contributed by atoms with E-state index in [2.05, 4.69) is 49.3 Å². The standard InChI is InChI=1S/C15H18ClN/c1-17(2)13-8-4-7-12-14(13)10-5-3-6-11(9-10)15(12)16/h3-4,6-8,10-11,15H,5,9H2,1-2H3. The first-order valence-corrected chi connectivity index (χ1v) is 6.73. The van der Waals surface area contributed by atoms with Gasteiger partial charge in [-0.15, -0.1) is 11.6 Å². The van der Waals surface area contributed by atoms with Crippen molar-refractivity contribution in [2.45, 2.75) is 24.1 Å². The second-order valence-electron chi connectivity index (χ2n) is 5.34. The van der Waals surface area contributed by atoms with E-state index in [9.17, 15) is 0 Å². The van der Waals surface area contributed by atoms with Crippen LogP contribution in [0.5, 0.6) is 0 Å². The number of fused-ring (bicyclic) bond motifs is 4. The van der Waals surface area contributed by atoms with E-state index in [0.717, 1.165) is 6.42 Å². The Hall–Kier alpha value is -0.950. The lowest BCUT2D eigenvalue weighted by Gasteiger charge is -2.38. The second kappa shape index (κ2) is 4.06. The minimum Gasteiger partial charge on any atom is -0.377 e. The van der Waals surface area contributed by atoms with Crippen LogP contribution in [0.25, 0.3) is 0 Å². The third kappa shape index (κ3) is 1.68. The van der Waals surface area contributed by atoms with E-state index >= 15 is 0 Å². The van der Waals surface area contributed by atoms with Gasteiger partial charge in [0.25, 0.3) is 0 Å². The normalized spacial score (nSPS) is 29.9. The fourth-order valence-corrected chi connectivity index (χ4v) is 3.63. The Morgan fingerprint density at radius 1 is 1.29 bits per heavy atom. The van der Waals surface area contributed by atoms with Crippen molar-refractivity contribution in [1.29, 1.82) is 0 Å². The average Bonchev–Trinajstić information content (AvgIpc) is 2.36. The molecule has 0 amide bonds. The molecule has 17 heavy (non-hydrogen) atoms. The van der Waals surface area contributed by atoms with Crippen molar-refractivity contribution >= 4 is 17.3 Å². The number of nitrogens with zero attached hydrogens (tertiary/aromatic N) is 1. The quantitative estimate of drug-likeness (QED) is 0.534. The van der Waals surface area contributed by atoms with Crippen molar-refractivity contribution in [3.63, 3.8) is 0 Å². The summed E-state index contributed by atoms with van der Waals surface area (Å²) in [6, 6.07) is 6.55. The van der Waals surface area contributed by atoms with Crippen molar-refractivity contribution in [2.24, 2.45) is 5.92 Å². The van der Waals surface area contributed by atoms with Crippen LogP contribution >= 0.6 is 11.6 Å². The monoisotopic (exact) mass is 247 g/mol. The van der Waals surface area contributed by atoms with Crippen LogP contribution in [0, 0.1) is 5.92 Å². The third-order valence-electron chi connectivity index (χ3n) is 4.04. The van der Waals surface area contributed by atoms with Crippen LogP contribution in [0.4, 0.5) is 5.69 Å². The van der Waals surface area contributed by atoms with Crippen molar-refractivity contribution in [1.82, 2.24) is 0 Å². The van der Waals surface area contributed by atoms with Gasteiger partial charge in [-0.2, -0.15) is 0 Å². The Labute approximate surface area is 108 Å². The number of halogens is 1. The zero-order valence-corrected chi connectivity index (χ0v) is 11.1. The predicted octanol–water partition coefficient (Wildman–Crippen LogP) is 4.10. The molecular weight excluding hydrogens is 230 g/mol. The molecular formula is C15H18ClN. The average molecular weight is 248 g/mol. The Morgan fingerprint density at radius 2 is 2.12 bits per heavy atom. The smallest absolute Gasteiger partial charge is 0.0651 e. The number of hydrogen-bond acceptors (Lipinski definition) is 1. The van der Waals surface area contributed by atoms with Crippen LogP contribution in [0.15, 0.2) is 30.4 Å². The predicted molar refractivity (Wildman–Crippen MR) is 74.0 cm³/mol. The summed E-state index contributed by atoms with van der Waals surface area (Å²) in [4.78, 5) is 2.21. The molecule has 3 atom stereocenters. The van der Waals surface area contributed by atoms with Crippen LogP contribution < -0.4 is 4.90 Å². The van der Waals surface area contributed by atoms with Crippen molar-refractivity contribution in [3.05, 3.63) is 41.5 Å². The van der Waals surface area contributed by atoms with Crippen LogP contribution in [0.1, 0.15) is 35.3 Å². The summed E-state index contributed by atoms with van der Waals surface area (Å²) < 4.78 is 0. The highest BCUT2D eigenvalue weighted by molar-refractivity contribution is 6.21. The van der Waals surface area contributed by atoms with Crippen LogP contribution in [0.2, 0.25) is 0 Å². The zero-order chi connectivity index (χ0) is 12.0. The minimum absolute atomic E-state index is 0.151. The summed E-state index contributed by atoms with van der Waals surface area (Å²) in [6.07, 6.45) is 6.99. The molecule has 0 fully saturated rings. The zero-order valence-electron chi connectivity index (χ0n) is 10.4. The molecule has 0 saturated carbocycles. The van der Waals surface area contributed by atoms with Gasteiger partial charge in [0, 0.05) is 19.8 Å². The summed E-state index contributed by atoms with van der Waals surface area (Å²) >= 11 is 6.62. The summed E-state index contributed by atoms with van der Waals surface area (Å²) in [5, 5.41) is 0.151. The van der Waals surface area contributed by atoms with Crippen LogP contribution in [-0.2, 0) is 0 Å². The number of hydrogen-bond donors (Lipinski definition) is 0. The van der Waals surface area contributed by atoms with Gasteiger partial charge in [-0.25, -0.2) is 0 Å². The third-order valence-corrected chi connectivity index (χ3v) is 4.60. The molecule has 3 unspecified atom stereocenters. The van der Waals surface area contributed by atoms with Gasteiger partial charge in [0.05, 0.1) is 5.38 Å². The Bertz CT molecular complexity index is 464. The molecule has 90 valence electrons. The van der Waals surface area contributed by atoms with Crippen LogP contribution in [0.3, 0.4) is 0 Å². The number of alkyl halides is 1. The fourth-order valence-electron chi connectivity index (χ4n) is 3.25. The first kappa shape index (κ1) is 11.2. The SMILES string of the molecule is CN(C)c1cccc2c1C1CC=CC(C1)C2Cl. The molecule has 1 aromatic rings. The molecule has 2 aliphatic rings. The molecule has 0 aliphatic heterocycles. The molecule has 0 N–H and O–H groups in total. The molecule has 2 bridgehead atoms. The summed E-state index contributed by atoms with van der Waals surface area (Å²) in [5.74, 6) is 1.19. The second-order valence-corrected chi connectivity index (χ2v) is 5.81. The van der Waals surface area contributed by atoms with E-state index in [0.29, 0.717) is 11.8 Å². The fraction of sp³-hybridized carbons (Fsp3) is 0.467. The first-order valence-electron chi connectivity index (χ1n) is 6.29. The van der Waals surface area contributed by atoms with Crippen molar-refractivity contribution in [3.8, 4) is 0 Å². The molecule has 2 aliphatic carbocycles. The number of benzene rings is 1. The van der Waals surface area contributed by atoms with Crippen molar-refractivity contribution in [2.75, 3.05) is 19.0 Å². The van der Waals surface area contributed by atoms with Gasteiger partial charge in [-0.3, -0.25) is 0 Å². The van der Waals surface area contributed by atoms with Crippen molar-refractivity contribution < 1.29 is 0 Å². The molecule has 0 heterocycles. The molecule has 3 rings (SSSR count). The lowest BCUT2D eigenvalue weighted by atomic mass is 9.71. The van der Waals surface area contributed by atoms with Gasteiger partial charge in [-0.05, 0) is 41.9 Å². The van der Waals surface area contributed by atoms with Gasteiger partial charge < -0.3 is 4.90 Å². The first-order chi connectivity index (χ1) is 8.18. The van der Waals surface area contributed by atoms with Gasteiger partial charge in [-0.1, -0.05) is 24.3 Å². The number of rotatable bonds is 1. The minimum atomic E-state index is 0.151. The van der Waals surface area contributed by atoms with Gasteiger partial charge in [0.15, 0.2) is 0 Å². The maximum absolute atomic E-state index is 6.62. The number of anilines is 1. The molecule has 1 nitrogen and oxygen atoms in total. The van der Waals surface area contributed by atoms with E-state index in [1.807, 2.05) is 0 Å². The Kier molecular flexibility index (Phi) is 2.67. The highest BCUT2D eigenvalue weighted by Crippen LogP contribution is 2.51. The maximum Gasteiger partial charge on any atom is 0.0651 e. The molecule has 0 spiro atoms. The highest BCUT2D eigenvalue weighted by atomic mass is 35.5. The van der Waals surface area contributed by atoms with E-state index in [1.165, 1.54) is 23.2 Å². The van der Waals surface area contributed by atoms with E-state index in [4.69, 9.17) is 11.6 Å². The largest absolute Gasteiger partial charge is 0.377 e. The molecule has 0 aromatic heterocycles. The van der Waals surface area contributed by atoms with E-state index in [-0.39, 0.29) is 5.38 Å². The summed E-state index contributed by atoms with van der Waals surface area (Å²) in [7, 11) is 4.23. The topological polar surface area (TPSA) is 3.24 Å². The molecule has 0 saturated heterocycles. The Balaban J connectivity index is 2.17. The molecule has 2 heteroatoms. The van der Waals surface area contributed by atoms with Crippen LogP contribution in [-0.4, -0.2) is 14.1 Å². The lowest BCUT2D eigenvalue weighted by molar-refractivity contribution is 0.439. The summed E-state index contributed by atoms with van der Waals surface area (Å²) in [5.41, 5.74) is 4.17. The summed E-state index contributed by atoms with van der Waals surface area (Å²) in [6.45, 7) is 0. The van der Waals surface area contributed by atoms with Gasteiger partial charge in [0.2, 0.25) is 0 Å². The van der Waals surface area contributed by atoms with E-state index in [1.54, 1.807) is 0 Å². The maximum atomic E-state index is 6.62. The molecule has 1 aromatic carbocycles. The van der Waals surface area contributed by atoms with Gasteiger partial charge >= 0.3 is 0 Å². The Morgan fingerprint density at radius 3 is 2.88 bits per heavy atom.